The van der Waals surface area contributed by atoms with Crippen molar-refractivity contribution >= 4 is 21.6 Å². The van der Waals surface area contributed by atoms with E-state index < -0.39 is 0 Å². The van der Waals surface area contributed by atoms with Gasteiger partial charge in [0.1, 0.15) is 5.75 Å². The fourth-order valence-electron chi connectivity index (χ4n) is 1.88. The highest BCUT2D eigenvalue weighted by atomic mass is 79.9. The Morgan fingerprint density at radius 1 is 1.16 bits per heavy atom. The summed E-state index contributed by atoms with van der Waals surface area (Å²) in [5.41, 5.74) is 3.59. The van der Waals surface area contributed by atoms with Gasteiger partial charge in [0.05, 0.1) is 6.61 Å². The standard InChI is InChI=1S/C16H18BrNO/c1-3-19-15-6-4-5-14(10-15)18-11-13-7-8-16(17)12(2)9-13/h4-10,18H,3,11H2,1-2H3. The maximum Gasteiger partial charge on any atom is 0.121 e. The summed E-state index contributed by atoms with van der Waals surface area (Å²) in [5.74, 6) is 0.902. The van der Waals surface area contributed by atoms with Crippen molar-refractivity contribution in [3.8, 4) is 5.75 Å². The van der Waals surface area contributed by atoms with Crippen LogP contribution in [0.3, 0.4) is 0 Å². The van der Waals surface area contributed by atoms with Crippen molar-refractivity contribution in [1.82, 2.24) is 0 Å². The quantitative estimate of drug-likeness (QED) is 0.857. The van der Waals surface area contributed by atoms with Crippen molar-refractivity contribution in [2.24, 2.45) is 0 Å². The summed E-state index contributed by atoms with van der Waals surface area (Å²) >= 11 is 3.52. The van der Waals surface area contributed by atoms with E-state index in [0.29, 0.717) is 6.61 Å². The average molecular weight is 320 g/mol. The van der Waals surface area contributed by atoms with E-state index in [-0.39, 0.29) is 0 Å². The molecule has 2 aromatic rings. The number of halogens is 1. The molecule has 0 radical (unpaired) electrons. The summed E-state index contributed by atoms with van der Waals surface area (Å²) in [7, 11) is 0. The monoisotopic (exact) mass is 319 g/mol. The van der Waals surface area contributed by atoms with Gasteiger partial charge in [0.25, 0.3) is 0 Å². The van der Waals surface area contributed by atoms with Crippen molar-refractivity contribution in [3.05, 3.63) is 58.1 Å². The molecule has 2 rings (SSSR count). The van der Waals surface area contributed by atoms with Crippen LogP contribution in [0, 0.1) is 6.92 Å². The lowest BCUT2D eigenvalue weighted by Crippen LogP contribution is -2.00. The molecule has 0 unspecified atom stereocenters. The third-order valence-electron chi connectivity index (χ3n) is 2.86. The van der Waals surface area contributed by atoms with Crippen LogP contribution in [0.2, 0.25) is 0 Å². The fraction of sp³-hybridized carbons (Fsp3) is 0.250. The first-order chi connectivity index (χ1) is 9.19. The van der Waals surface area contributed by atoms with Gasteiger partial charge in [-0.2, -0.15) is 0 Å². The molecule has 0 amide bonds. The zero-order chi connectivity index (χ0) is 13.7. The fourth-order valence-corrected chi connectivity index (χ4v) is 2.13. The van der Waals surface area contributed by atoms with Crippen LogP contribution in [0.1, 0.15) is 18.1 Å². The van der Waals surface area contributed by atoms with Gasteiger partial charge in [0.15, 0.2) is 0 Å². The van der Waals surface area contributed by atoms with Crippen molar-refractivity contribution in [2.45, 2.75) is 20.4 Å². The normalized spacial score (nSPS) is 10.3. The molecule has 0 fully saturated rings. The van der Waals surface area contributed by atoms with Crippen molar-refractivity contribution in [1.29, 1.82) is 0 Å². The van der Waals surface area contributed by atoms with Crippen LogP contribution < -0.4 is 10.1 Å². The van der Waals surface area contributed by atoms with E-state index in [4.69, 9.17) is 4.74 Å². The van der Waals surface area contributed by atoms with E-state index in [0.717, 1.165) is 22.5 Å². The lowest BCUT2D eigenvalue weighted by Gasteiger charge is -2.10. The first-order valence-electron chi connectivity index (χ1n) is 6.41. The molecule has 2 nitrogen and oxygen atoms in total. The van der Waals surface area contributed by atoms with E-state index >= 15 is 0 Å². The third-order valence-corrected chi connectivity index (χ3v) is 3.75. The summed E-state index contributed by atoms with van der Waals surface area (Å²) in [6.45, 7) is 5.59. The third kappa shape index (κ3) is 4.00. The Morgan fingerprint density at radius 3 is 2.74 bits per heavy atom. The highest BCUT2D eigenvalue weighted by Gasteiger charge is 1.99. The van der Waals surface area contributed by atoms with Crippen LogP contribution >= 0.6 is 15.9 Å². The Hall–Kier alpha value is -1.48. The van der Waals surface area contributed by atoms with Gasteiger partial charge in [-0.1, -0.05) is 34.1 Å². The number of aryl methyl sites for hydroxylation is 1. The van der Waals surface area contributed by atoms with E-state index in [1.54, 1.807) is 0 Å². The van der Waals surface area contributed by atoms with Crippen LogP contribution in [0.25, 0.3) is 0 Å². The van der Waals surface area contributed by atoms with Crippen LogP contribution in [0.15, 0.2) is 46.9 Å². The van der Waals surface area contributed by atoms with Crippen LogP contribution in [-0.4, -0.2) is 6.61 Å². The highest BCUT2D eigenvalue weighted by molar-refractivity contribution is 9.10. The van der Waals surface area contributed by atoms with Crippen molar-refractivity contribution < 1.29 is 4.74 Å². The maximum absolute atomic E-state index is 5.49. The van der Waals surface area contributed by atoms with Crippen LogP contribution in [-0.2, 0) is 6.54 Å². The number of hydrogen-bond acceptors (Lipinski definition) is 2. The average Bonchev–Trinajstić information content (AvgIpc) is 2.41. The lowest BCUT2D eigenvalue weighted by molar-refractivity contribution is 0.340. The summed E-state index contributed by atoms with van der Waals surface area (Å²) in [6, 6.07) is 14.4. The Labute approximate surface area is 122 Å². The minimum atomic E-state index is 0.690. The van der Waals surface area contributed by atoms with Gasteiger partial charge in [0.2, 0.25) is 0 Å². The molecule has 0 aromatic heterocycles. The highest BCUT2D eigenvalue weighted by Crippen LogP contribution is 2.20. The Balaban J connectivity index is 2.01. The Bertz CT molecular complexity index is 554. The summed E-state index contributed by atoms with van der Waals surface area (Å²) in [4.78, 5) is 0. The van der Waals surface area contributed by atoms with Gasteiger partial charge < -0.3 is 10.1 Å². The first-order valence-corrected chi connectivity index (χ1v) is 7.20. The van der Waals surface area contributed by atoms with Gasteiger partial charge in [-0.15, -0.1) is 0 Å². The predicted octanol–water partition coefficient (Wildman–Crippen LogP) is 4.77. The summed E-state index contributed by atoms with van der Waals surface area (Å²) < 4.78 is 6.63. The SMILES string of the molecule is CCOc1cccc(NCc2ccc(Br)c(C)c2)c1. The van der Waals surface area contributed by atoms with E-state index in [9.17, 15) is 0 Å². The van der Waals surface area contributed by atoms with E-state index in [1.807, 2.05) is 31.2 Å². The van der Waals surface area contributed by atoms with Crippen LogP contribution in [0.4, 0.5) is 5.69 Å². The zero-order valence-electron chi connectivity index (χ0n) is 11.2. The predicted molar refractivity (Wildman–Crippen MR) is 83.8 cm³/mol. The number of benzene rings is 2. The Morgan fingerprint density at radius 2 is 2.00 bits per heavy atom. The van der Waals surface area contributed by atoms with Crippen molar-refractivity contribution in [3.63, 3.8) is 0 Å². The lowest BCUT2D eigenvalue weighted by atomic mass is 10.1. The zero-order valence-corrected chi connectivity index (χ0v) is 12.8. The largest absolute Gasteiger partial charge is 0.494 e. The molecule has 0 bridgehead atoms. The second-order valence-electron chi connectivity index (χ2n) is 4.40. The molecule has 19 heavy (non-hydrogen) atoms. The minimum absolute atomic E-state index is 0.690. The minimum Gasteiger partial charge on any atom is -0.494 e. The Kier molecular flexibility index (Phi) is 4.86. The summed E-state index contributed by atoms with van der Waals surface area (Å²) in [5, 5.41) is 3.41. The molecule has 3 heteroatoms. The number of rotatable bonds is 5. The molecular formula is C16H18BrNO. The number of nitrogens with one attached hydrogen (secondary N) is 1. The molecule has 0 aliphatic heterocycles. The molecule has 0 saturated heterocycles. The van der Waals surface area contributed by atoms with Gasteiger partial charge in [0, 0.05) is 22.8 Å². The number of ether oxygens (including phenoxy) is 1. The molecule has 100 valence electrons. The van der Waals surface area contributed by atoms with Gasteiger partial charge in [-0.05, 0) is 43.2 Å². The smallest absolute Gasteiger partial charge is 0.121 e. The second-order valence-corrected chi connectivity index (χ2v) is 5.25. The topological polar surface area (TPSA) is 21.3 Å². The van der Waals surface area contributed by atoms with Gasteiger partial charge in [-0.3, -0.25) is 0 Å². The molecule has 0 saturated carbocycles. The molecule has 0 heterocycles. The molecule has 0 aliphatic rings. The van der Waals surface area contributed by atoms with Crippen LogP contribution in [0.5, 0.6) is 5.75 Å². The van der Waals surface area contributed by atoms with E-state index in [2.05, 4.69) is 46.4 Å². The van der Waals surface area contributed by atoms with Gasteiger partial charge >= 0.3 is 0 Å². The molecule has 1 N–H and O–H groups in total. The van der Waals surface area contributed by atoms with Gasteiger partial charge in [-0.25, -0.2) is 0 Å². The molecule has 2 aromatic carbocycles. The first kappa shape index (κ1) is 13.9. The molecule has 0 spiro atoms. The van der Waals surface area contributed by atoms with Crippen molar-refractivity contribution in [2.75, 3.05) is 11.9 Å². The molecule has 0 aliphatic carbocycles. The number of hydrogen-bond donors (Lipinski definition) is 1. The number of anilines is 1. The maximum atomic E-state index is 5.49. The second kappa shape index (κ2) is 6.62. The van der Waals surface area contributed by atoms with E-state index in [1.165, 1.54) is 11.1 Å². The molecule has 0 atom stereocenters. The molecular weight excluding hydrogens is 302 g/mol. The summed E-state index contributed by atoms with van der Waals surface area (Å²) in [6.07, 6.45) is 0.